The van der Waals surface area contributed by atoms with E-state index in [2.05, 4.69) is 12.2 Å². The van der Waals surface area contributed by atoms with Crippen LogP contribution in [0.5, 0.6) is 0 Å². The molecule has 110 valence electrons. The highest BCUT2D eigenvalue weighted by Gasteiger charge is 2.21. The van der Waals surface area contributed by atoms with Crippen LogP contribution in [0.25, 0.3) is 0 Å². The van der Waals surface area contributed by atoms with E-state index in [1.165, 1.54) is 0 Å². The van der Waals surface area contributed by atoms with Crippen molar-refractivity contribution in [2.45, 2.75) is 20.8 Å². The fraction of sp³-hybridized carbons (Fsp3) is 0.467. The Balaban J connectivity index is 2.98. The maximum absolute atomic E-state index is 12.3. The molecule has 1 aromatic carbocycles. The topological polar surface area (TPSA) is 66.4 Å². The van der Waals surface area contributed by atoms with Gasteiger partial charge in [0.25, 0.3) is 5.91 Å². The van der Waals surface area contributed by atoms with Gasteiger partial charge >= 0.3 is 5.97 Å². The highest BCUT2D eigenvalue weighted by atomic mass is 32.2. The highest BCUT2D eigenvalue weighted by Crippen LogP contribution is 2.19. The average Bonchev–Trinajstić information content (AvgIpc) is 2.38. The zero-order chi connectivity index (χ0) is 15.3. The van der Waals surface area contributed by atoms with Crippen LogP contribution < -0.4 is 5.32 Å². The van der Waals surface area contributed by atoms with E-state index in [-0.39, 0.29) is 17.0 Å². The van der Waals surface area contributed by atoms with Gasteiger partial charge in [-0.15, -0.1) is 0 Å². The van der Waals surface area contributed by atoms with Crippen LogP contribution in [0.1, 0.15) is 38.8 Å². The highest BCUT2D eigenvalue weighted by molar-refractivity contribution is 7.98. The third kappa shape index (κ3) is 4.00. The lowest BCUT2D eigenvalue weighted by molar-refractivity contribution is 0.0690. The minimum absolute atomic E-state index is 0.0972. The fourth-order valence-corrected chi connectivity index (χ4v) is 2.76. The van der Waals surface area contributed by atoms with Crippen LogP contribution in [0.15, 0.2) is 12.1 Å². The summed E-state index contributed by atoms with van der Waals surface area (Å²) in [5.41, 5.74) is 1.65. The molecule has 0 aliphatic carbocycles. The van der Waals surface area contributed by atoms with Gasteiger partial charge in [0.1, 0.15) is 0 Å². The van der Waals surface area contributed by atoms with Crippen LogP contribution >= 0.6 is 11.8 Å². The zero-order valence-electron chi connectivity index (χ0n) is 12.3. The summed E-state index contributed by atoms with van der Waals surface area (Å²) in [7, 11) is 0. The van der Waals surface area contributed by atoms with Gasteiger partial charge in [0.05, 0.1) is 11.1 Å². The predicted octanol–water partition coefficient (Wildman–Crippen LogP) is 2.73. The van der Waals surface area contributed by atoms with Gasteiger partial charge < -0.3 is 10.4 Å². The number of carbonyl (C=O) groups excluding carboxylic acids is 1. The molecule has 0 aromatic heterocycles. The SMILES string of the molecule is CSCC(C)CNC(=O)c1c(C)ccc(C)c1C(=O)O. The number of amides is 1. The quantitative estimate of drug-likeness (QED) is 0.847. The second-order valence-corrected chi connectivity index (χ2v) is 5.94. The number of thioether (sulfide) groups is 1. The van der Waals surface area contributed by atoms with Crippen LogP contribution in [-0.4, -0.2) is 35.5 Å². The van der Waals surface area contributed by atoms with Gasteiger partial charge in [0.2, 0.25) is 0 Å². The van der Waals surface area contributed by atoms with Crippen molar-refractivity contribution in [1.29, 1.82) is 0 Å². The largest absolute Gasteiger partial charge is 0.478 e. The lowest BCUT2D eigenvalue weighted by atomic mass is 9.96. The van der Waals surface area contributed by atoms with Gasteiger partial charge in [0.15, 0.2) is 0 Å². The molecule has 0 heterocycles. The number of benzene rings is 1. The maximum atomic E-state index is 12.3. The molecule has 0 saturated carbocycles. The number of carboxylic acid groups (broad SMARTS) is 1. The Morgan fingerprint density at radius 3 is 2.30 bits per heavy atom. The van der Waals surface area contributed by atoms with Crippen LogP contribution in [0.4, 0.5) is 0 Å². The molecule has 2 N–H and O–H groups in total. The molecular weight excluding hydrogens is 274 g/mol. The normalized spacial score (nSPS) is 12.0. The van der Waals surface area contributed by atoms with Crippen molar-refractivity contribution in [2.75, 3.05) is 18.6 Å². The van der Waals surface area contributed by atoms with Crippen molar-refractivity contribution in [2.24, 2.45) is 5.92 Å². The Labute approximate surface area is 124 Å². The molecule has 1 atom stereocenters. The molecule has 4 nitrogen and oxygen atoms in total. The monoisotopic (exact) mass is 295 g/mol. The van der Waals surface area contributed by atoms with Gasteiger partial charge in [-0.25, -0.2) is 4.79 Å². The van der Waals surface area contributed by atoms with E-state index in [4.69, 9.17) is 0 Å². The molecule has 0 spiro atoms. The number of hydrogen-bond acceptors (Lipinski definition) is 3. The summed E-state index contributed by atoms with van der Waals surface area (Å²) in [5, 5.41) is 12.1. The summed E-state index contributed by atoms with van der Waals surface area (Å²) < 4.78 is 0. The summed E-state index contributed by atoms with van der Waals surface area (Å²) in [5.74, 6) is -0.0591. The first-order valence-corrected chi connectivity index (χ1v) is 7.88. The molecule has 0 bridgehead atoms. The Morgan fingerprint density at radius 1 is 1.25 bits per heavy atom. The van der Waals surface area contributed by atoms with Gasteiger partial charge in [-0.1, -0.05) is 19.1 Å². The first kappa shape index (κ1) is 16.6. The number of aryl methyl sites for hydroxylation is 2. The molecule has 0 saturated heterocycles. The van der Waals surface area contributed by atoms with Crippen LogP contribution in [0, 0.1) is 19.8 Å². The molecule has 20 heavy (non-hydrogen) atoms. The molecule has 1 aromatic rings. The fourth-order valence-electron chi connectivity index (χ4n) is 2.08. The van der Waals surface area contributed by atoms with Crippen molar-refractivity contribution in [1.82, 2.24) is 5.32 Å². The van der Waals surface area contributed by atoms with Crippen molar-refractivity contribution in [3.63, 3.8) is 0 Å². The average molecular weight is 295 g/mol. The second-order valence-electron chi connectivity index (χ2n) is 5.03. The molecule has 0 radical (unpaired) electrons. The molecule has 0 aliphatic heterocycles. The first-order chi connectivity index (χ1) is 9.38. The second kappa shape index (κ2) is 7.33. The van der Waals surface area contributed by atoms with E-state index < -0.39 is 5.97 Å². The summed E-state index contributed by atoms with van der Waals surface area (Å²) in [6.07, 6.45) is 2.02. The van der Waals surface area contributed by atoms with E-state index in [0.717, 1.165) is 5.75 Å². The van der Waals surface area contributed by atoms with Crippen LogP contribution in [-0.2, 0) is 0 Å². The Morgan fingerprint density at radius 2 is 1.80 bits per heavy atom. The summed E-state index contributed by atoms with van der Waals surface area (Å²) in [4.78, 5) is 23.6. The van der Waals surface area contributed by atoms with Crippen LogP contribution in [0.3, 0.4) is 0 Å². The van der Waals surface area contributed by atoms with Crippen molar-refractivity contribution < 1.29 is 14.7 Å². The van der Waals surface area contributed by atoms with E-state index in [1.807, 2.05) is 6.26 Å². The van der Waals surface area contributed by atoms with Gasteiger partial charge in [0, 0.05) is 6.54 Å². The third-order valence-corrected chi connectivity index (χ3v) is 4.03. The van der Waals surface area contributed by atoms with Gasteiger partial charge in [-0.2, -0.15) is 11.8 Å². The Bertz CT molecular complexity index is 514. The minimum Gasteiger partial charge on any atom is -0.478 e. The zero-order valence-corrected chi connectivity index (χ0v) is 13.1. The summed E-state index contributed by atoms with van der Waals surface area (Å²) in [6, 6.07) is 3.51. The van der Waals surface area contributed by atoms with Gasteiger partial charge in [-0.05, 0) is 42.9 Å². The standard InChI is InChI=1S/C15H21NO3S/c1-9(8-20-4)7-16-14(17)12-10(2)5-6-11(3)13(12)15(18)19/h5-6,9H,7-8H2,1-4H3,(H,16,17)(H,18,19). The number of hydrogen-bond donors (Lipinski definition) is 2. The van der Waals surface area contributed by atoms with Crippen molar-refractivity contribution in [3.05, 3.63) is 34.4 Å². The van der Waals surface area contributed by atoms with E-state index in [1.54, 1.807) is 37.7 Å². The number of carboxylic acids is 1. The molecule has 0 aliphatic rings. The molecule has 1 amide bonds. The van der Waals surface area contributed by atoms with E-state index in [0.29, 0.717) is 23.6 Å². The minimum atomic E-state index is -1.06. The summed E-state index contributed by atoms with van der Waals surface area (Å²) in [6.45, 7) is 6.06. The maximum Gasteiger partial charge on any atom is 0.336 e. The number of nitrogens with one attached hydrogen (secondary N) is 1. The number of aromatic carboxylic acids is 1. The number of rotatable bonds is 6. The lowest BCUT2D eigenvalue weighted by Crippen LogP contribution is -2.31. The Kier molecular flexibility index (Phi) is 6.07. The van der Waals surface area contributed by atoms with Crippen LogP contribution in [0.2, 0.25) is 0 Å². The predicted molar refractivity (Wildman–Crippen MR) is 82.8 cm³/mol. The third-order valence-electron chi connectivity index (χ3n) is 3.13. The molecule has 0 fully saturated rings. The smallest absolute Gasteiger partial charge is 0.336 e. The summed E-state index contributed by atoms with van der Waals surface area (Å²) >= 11 is 1.73. The molecular formula is C15H21NO3S. The van der Waals surface area contributed by atoms with Crippen molar-refractivity contribution >= 4 is 23.6 Å². The Hall–Kier alpha value is -1.49. The molecule has 1 rings (SSSR count). The number of carbonyl (C=O) groups is 2. The van der Waals surface area contributed by atoms with E-state index >= 15 is 0 Å². The van der Waals surface area contributed by atoms with Gasteiger partial charge in [-0.3, -0.25) is 4.79 Å². The van der Waals surface area contributed by atoms with Crippen molar-refractivity contribution in [3.8, 4) is 0 Å². The molecule has 5 heteroatoms. The first-order valence-electron chi connectivity index (χ1n) is 6.49. The molecule has 1 unspecified atom stereocenters. The van der Waals surface area contributed by atoms with E-state index in [9.17, 15) is 14.7 Å². The lowest BCUT2D eigenvalue weighted by Gasteiger charge is -2.15.